The Bertz CT molecular complexity index is 623. The Morgan fingerprint density at radius 1 is 0.893 bits per heavy atom. The van der Waals surface area contributed by atoms with E-state index in [1.807, 2.05) is 0 Å². The van der Waals surface area contributed by atoms with Gasteiger partial charge in [0.1, 0.15) is 0 Å². The van der Waals surface area contributed by atoms with Gasteiger partial charge in [0, 0.05) is 0 Å². The van der Waals surface area contributed by atoms with Gasteiger partial charge in [-0.1, -0.05) is 75.6 Å². The van der Waals surface area contributed by atoms with Crippen LogP contribution in [0.25, 0.3) is 0 Å². The highest BCUT2D eigenvalue weighted by Crippen LogP contribution is 2.39. The average Bonchev–Trinajstić information content (AvgIpc) is 2.52. The summed E-state index contributed by atoms with van der Waals surface area (Å²) in [5.41, 5.74) is 5.88. The van der Waals surface area contributed by atoms with Crippen LogP contribution in [0.4, 0.5) is 0 Å². The maximum atomic E-state index is 6.99. The van der Waals surface area contributed by atoms with Gasteiger partial charge < -0.3 is 4.43 Å². The molecule has 0 bridgehead atoms. The molecule has 0 radical (unpaired) electrons. The minimum Gasteiger partial charge on any atom is -0.410 e. The van der Waals surface area contributed by atoms with Crippen LogP contribution in [0.3, 0.4) is 0 Å². The van der Waals surface area contributed by atoms with E-state index in [4.69, 9.17) is 4.43 Å². The summed E-state index contributed by atoms with van der Waals surface area (Å²) < 4.78 is 6.99. The number of allylic oxidation sites excluding steroid dienone is 6. The maximum absolute atomic E-state index is 6.99. The van der Waals surface area contributed by atoms with Crippen LogP contribution in [0.1, 0.15) is 87.5 Å². The summed E-state index contributed by atoms with van der Waals surface area (Å²) in [7, 11) is -1.84. The molecule has 28 heavy (non-hydrogen) atoms. The van der Waals surface area contributed by atoms with Gasteiger partial charge in [-0.15, -0.1) is 0 Å². The molecule has 0 fully saturated rings. The molecule has 0 aromatic heterocycles. The topological polar surface area (TPSA) is 9.23 Å². The zero-order valence-electron chi connectivity index (χ0n) is 20.4. The molecule has 0 amide bonds. The van der Waals surface area contributed by atoms with Gasteiger partial charge in [0.2, 0.25) is 0 Å². The molecule has 0 heterocycles. The van der Waals surface area contributed by atoms with E-state index in [2.05, 4.69) is 92.8 Å². The average molecular weight is 403 g/mol. The lowest BCUT2D eigenvalue weighted by Gasteiger charge is -2.40. The van der Waals surface area contributed by atoms with Gasteiger partial charge in [0.05, 0.1) is 6.10 Å². The van der Waals surface area contributed by atoms with E-state index in [0.29, 0.717) is 5.92 Å². The monoisotopic (exact) mass is 402 g/mol. The zero-order valence-corrected chi connectivity index (χ0v) is 21.4. The molecule has 1 aliphatic rings. The first kappa shape index (κ1) is 25.2. The zero-order chi connectivity index (χ0) is 21.5. The normalized spacial score (nSPS) is 28.9. The van der Waals surface area contributed by atoms with Crippen molar-refractivity contribution in [3.63, 3.8) is 0 Å². The van der Waals surface area contributed by atoms with E-state index >= 15 is 0 Å². The van der Waals surface area contributed by atoms with Crippen molar-refractivity contribution in [2.45, 2.75) is 112 Å². The molecule has 0 saturated carbocycles. The Morgan fingerprint density at radius 2 is 1.43 bits per heavy atom. The molecule has 0 aromatic rings. The molecular weight excluding hydrogens is 356 g/mol. The van der Waals surface area contributed by atoms with Crippen molar-refractivity contribution in [2.24, 2.45) is 5.92 Å². The first-order valence-corrected chi connectivity index (χ1v) is 14.1. The largest absolute Gasteiger partial charge is 0.410 e. The highest BCUT2D eigenvalue weighted by atomic mass is 28.4. The molecule has 1 nitrogen and oxygen atoms in total. The summed E-state index contributed by atoms with van der Waals surface area (Å²) in [6, 6.07) is 0. The van der Waals surface area contributed by atoms with Crippen molar-refractivity contribution in [1.82, 2.24) is 0 Å². The Balaban J connectivity index is 3.32. The highest BCUT2D eigenvalue weighted by molar-refractivity contribution is 6.74. The lowest BCUT2D eigenvalue weighted by Crippen LogP contribution is -2.44. The third kappa shape index (κ3) is 8.25. The van der Waals surface area contributed by atoms with Crippen LogP contribution >= 0.6 is 0 Å². The van der Waals surface area contributed by atoms with Crippen LogP contribution in [0.5, 0.6) is 0 Å². The number of hydrogen-bond acceptors (Lipinski definition) is 1. The SMILES string of the molecule is C/C1=C\C=C(\C(C)C)C(O[Si](C)(C)C(C)(C)C)C/C(C)=C/CC/C(C)=C/CC1. The molecule has 0 spiro atoms. The molecule has 0 N–H and O–H groups in total. The van der Waals surface area contributed by atoms with Gasteiger partial charge in [0.25, 0.3) is 0 Å². The Morgan fingerprint density at radius 3 is 1.96 bits per heavy atom. The smallest absolute Gasteiger partial charge is 0.192 e. The van der Waals surface area contributed by atoms with Crippen LogP contribution in [0, 0.1) is 5.92 Å². The van der Waals surface area contributed by atoms with Gasteiger partial charge in [-0.25, -0.2) is 0 Å². The summed E-state index contributed by atoms with van der Waals surface area (Å²) in [5, 5.41) is 0.222. The van der Waals surface area contributed by atoms with Gasteiger partial charge >= 0.3 is 0 Å². The maximum Gasteiger partial charge on any atom is 0.192 e. The third-order valence-electron chi connectivity index (χ3n) is 6.41. The van der Waals surface area contributed by atoms with Crippen LogP contribution in [0.2, 0.25) is 18.1 Å². The fourth-order valence-corrected chi connectivity index (χ4v) is 4.61. The van der Waals surface area contributed by atoms with Crippen molar-refractivity contribution in [2.75, 3.05) is 0 Å². The van der Waals surface area contributed by atoms with E-state index in [0.717, 1.165) is 25.7 Å². The lowest BCUT2D eigenvalue weighted by molar-refractivity contribution is 0.203. The summed E-state index contributed by atoms with van der Waals surface area (Å²) in [4.78, 5) is 0. The quantitative estimate of drug-likeness (QED) is 0.338. The third-order valence-corrected chi connectivity index (χ3v) is 10.9. The fraction of sp³-hybridized carbons (Fsp3) is 0.692. The predicted octanol–water partition coefficient (Wildman–Crippen LogP) is 8.76. The standard InChI is InChI=1S/C26H46OSi/c1-20(2)24-18-17-22(4)15-11-13-21(3)14-12-16-23(5)19-25(24)27-28(9,10)26(6,7)8/h13,16-18,20,25H,11-12,14-15,19H2,1-10H3/b21-13+,22-17+,23-16+,24-18-. The van der Waals surface area contributed by atoms with E-state index in [9.17, 15) is 0 Å². The van der Waals surface area contributed by atoms with Gasteiger partial charge in [0.15, 0.2) is 8.32 Å². The minimum atomic E-state index is -1.84. The second-order valence-electron chi connectivity index (χ2n) is 10.6. The Labute approximate surface area is 177 Å². The van der Waals surface area contributed by atoms with Crippen molar-refractivity contribution in [3.8, 4) is 0 Å². The Kier molecular flexibility index (Phi) is 9.69. The summed E-state index contributed by atoms with van der Waals surface area (Å²) >= 11 is 0. The first-order valence-electron chi connectivity index (χ1n) is 11.2. The highest BCUT2D eigenvalue weighted by Gasteiger charge is 2.40. The molecule has 160 valence electrons. The van der Waals surface area contributed by atoms with Gasteiger partial charge in [-0.05, 0) is 82.5 Å². The molecule has 0 aromatic carbocycles. The van der Waals surface area contributed by atoms with E-state index in [1.165, 1.54) is 28.7 Å². The van der Waals surface area contributed by atoms with Crippen molar-refractivity contribution < 1.29 is 4.43 Å². The summed E-state index contributed by atoms with van der Waals surface area (Å²) in [6.45, 7) is 23.2. The molecular formula is C26H46OSi. The van der Waals surface area contributed by atoms with E-state index in [-0.39, 0.29) is 11.1 Å². The van der Waals surface area contributed by atoms with Crippen LogP contribution in [0.15, 0.2) is 46.6 Å². The second-order valence-corrected chi connectivity index (χ2v) is 15.3. The number of hydrogen-bond donors (Lipinski definition) is 0. The molecule has 0 saturated heterocycles. The molecule has 1 rings (SSSR count). The van der Waals surface area contributed by atoms with Crippen LogP contribution < -0.4 is 0 Å². The van der Waals surface area contributed by atoms with Gasteiger partial charge in [-0.3, -0.25) is 0 Å². The van der Waals surface area contributed by atoms with Crippen LogP contribution in [-0.4, -0.2) is 14.4 Å². The predicted molar refractivity (Wildman–Crippen MR) is 129 cm³/mol. The van der Waals surface area contributed by atoms with Crippen LogP contribution in [-0.2, 0) is 4.43 Å². The van der Waals surface area contributed by atoms with Crippen molar-refractivity contribution in [3.05, 3.63) is 46.6 Å². The molecule has 0 aliphatic heterocycles. The molecule has 1 atom stereocenters. The van der Waals surface area contributed by atoms with Gasteiger partial charge in [-0.2, -0.15) is 0 Å². The lowest BCUT2D eigenvalue weighted by atomic mass is 9.92. The van der Waals surface area contributed by atoms with Crippen molar-refractivity contribution in [1.29, 1.82) is 0 Å². The summed E-state index contributed by atoms with van der Waals surface area (Å²) in [5.74, 6) is 0.488. The first-order chi connectivity index (χ1) is 12.8. The van der Waals surface area contributed by atoms with E-state index in [1.54, 1.807) is 0 Å². The molecule has 2 heteroatoms. The fourth-order valence-electron chi connectivity index (χ4n) is 3.32. The second kappa shape index (κ2) is 10.8. The van der Waals surface area contributed by atoms with Crippen molar-refractivity contribution >= 4 is 8.32 Å². The molecule has 1 aliphatic carbocycles. The Hall–Kier alpha value is -0.863. The molecule has 1 unspecified atom stereocenters. The summed E-state index contributed by atoms with van der Waals surface area (Å²) in [6.07, 6.45) is 15.3. The van der Waals surface area contributed by atoms with E-state index < -0.39 is 8.32 Å². The number of rotatable bonds is 3. The minimum absolute atomic E-state index is 0.181.